The topological polar surface area (TPSA) is 47.3 Å². The first-order valence-electron chi connectivity index (χ1n) is 6.40. The van der Waals surface area contributed by atoms with E-state index in [1.807, 2.05) is 24.7 Å². The van der Waals surface area contributed by atoms with Crippen molar-refractivity contribution in [1.29, 1.82) is 0 Å². The van der Waals surface area contributed by atoms with E-state index in [9.17, 15) is 5.11 Å². The second kappa shape index (κ2) is 5.19. The van der Waals surface area contributed by atoms with Gasteiger partial charge in [-0.25, -0.2) is 4.98 Å². The van der Waals surface area contributed by atoms with Crippen molar-refractivity contribution < 1.29 is 9.84 Å². The summed E-state index contributed by atoms with van der Waals surface area (Å²) in [6.45, 7) is 2.80. The molecule has 96 valence electrons. The highest BCUT2D eigenvalue weighted by Crippen LogP contribution is 2.29. The quantitative estimate of drug-likeness (QED) is 0.868. The van der Waals surface area contributed by atoms with Gasteiger partial charge in [0.25, 0.3) is 0 Å². The number of nitrogens with zero attached hydrogens (tertiary/aromatic N) is 2. The molecule has 4 nitrogen and oxygen atoms in total. The van der Waals surface area contributed by atoms with E-state index in [1.165, 1.54) is 0 Å². The van der Waals surface area contributed by atoms with Gasteiger partial charge in [0.05, 0.1) is 11.7 Å². The van der Waals surface area contributed by atoms with Crippen molar-refractivity contribution in [3.8, 4) is 0 Å². The summed E-state index contributed by atoms with van der Waals surface area (Å²) in [5, 5.41) is 10.3. The zero-order valence-electron chi connectivity index (χ0n) is 10.7. The van der Waals surface area contributed by atoms with Gasteiger partial charge in [-0.1, -0.05) is 0 Å². The third kappa shape index (κ3) is 2.87. The molecule has 1 fully saturated rings. The van der Waals surface area contributed by atoms with Gasteiger partial charge in [0.15, 0.2) is 0 Å². The SMILES string of the molecule is Cn1ccnc1CCC(O)C1(C)CCCCO1. The third-order valence-corrected chi connectivity index (χ3v) is 3.77. The van der Waals surface area contributed by atoms with Crippen LogP contribution in [0.2, 0.25) is 0 Å². The first-order chi connectivity index (χ1) is 8.12. The molecule has 2 heterocycles. The minimum atomic E-state index is -0.403. The van der Waals surface area contributed by atoms with Crippen LogP contribution in [0.5, 0.6) is 0 Å². The molecule has 17 heavy (non-hydrogen) atoms. The summed E-state index contributed by atoms with van der Waals surface area (Å²) >= 11 is 0. The van der Waals surface area contributed by atoms with Crippen molar-refractivity contribution in [3.63, 3.8) is 0 Å². The molecule has 2 rings (SSSR count). The number of rotatable bonds is 4. The Bertz CT molecular complexity index is 356. The molecule has 1 aliphatic rings. The van der Waals surface area contributed by atoms with Crippen LogP contribution in [-0.2, 0) is 18.2 Å². The smallest absolute Gasteiger partial charge is 0.108 e. The van der Waals surface area contributed by atoms with Gasteiger partial charge in [0.2, 0.25) is 0 Å². The minimum absolute atomic E-state index is 0.358. The normalized spacial score (nSPS) is 27.0. The van der Waals surface area contributed by atoms with E-state index in [2.05, 4.69) is 4.98 Å². The number of aryl methyl sites for hydroxylation is 2. The lowest BCUT2D eigenvalue weighted by molar-refractivity contribution is -0.137. The Morgan fingerprint density at radius 2 is 2.41 bits per heavy atom. The van der Waals surface area contributed by atoms with E-state index >= 15 is 0 Å². The van der Waals surface area contributed by atoms with Crippen LogP contribution in [0, 0.1) is 0 Å². The number of ether oxygens (including phenoxy) is 1. The summed E-state index contributed by atoms with van der Waals surface area (Å²) in [5.74, 6) is 1.02. The van der Waals surface area contributed by atoms with E-state index in [1.54, 1.807) is 6.20 Å². The number of hydrogen-bond acceptors (Lipinski definition) is 3. The van der Waals surface area contributed by atoms with E-state index < -0.39 is 6.10 Å². The van der Waals surface area contributed by atoms with Gasteiger partial charge in [-0.2, -0.15) is 0 Å². The number of aliphatic hydroxyl groups excluding tert-OH is 1. The van der Waals surface area contributed by atoms with Crippen molar-refractivity contribution >= 4 is 0 Å². The Morgan fingerprint density at radius 1 is 1.59 bits per heavy atom. The average Bonchev–Trinajstić information content (AvgIpc) is 2.73. The van der Waals surface area contributed by atoms with E-state index in [0.717, 1.165) is 38.1 Å². The summed E-state index contributed by atoms with van der Waals surface area (Å²) < 4.78 is 7.75. The molecular formula is C13H22N2O2. The van der Waals surface area contributed by atoms with Crippen molar-refractivity contribution in [3.05, 3.63) is 18.2 Å². The second-order valence-electron chi connectivity index (χ2n) is 5.13. The van der Waals surface area contributed by atoms with E-state index in [4.69, 9.17) is 4.74 Å². The van der Waals surface area contributed by atoms with Gasteiger partial charge in [0, 0.05) is 32.5 Å². The summed E-state index contributed by atoms with van der Waals surface area (Å²) in [6, 6.07) is 0. The molecular weight excluding hydrogens is 216 g/mol. The standard InChI is InChI=1S/C13H22N2O2/c1-13(7-3-4-10-17-13)11(16)5-6-12-14-8-9-15(12)2/h8-9,11,16H,3-7,10H2,1-2H3. The molecule has 0 amide bonds. The third-order valence-electron chi connectivity index (χ3n) is 3.77. The zero-order valence-corrected chi connectivity index (χ0v) is 10.7. The molecule has 1 aromatic heterocycles. The van der Waals surface area contributed by atoms with Gasteiger partial charge in [-0.15, -0.1) is 0 Å². The molecule has 0 spiro atoms. The molecule has 1 N–H and O–H groups in total. The van der Waals surface area contributed by atoms with Crippen molar-refractivity contribution in [2.45, 2.75) is 50.7 Å². The molecule has 1 aromatic rings. The number of aromatic nitrogens is 2. The summed E-state index contributed by atoms with van der Waals surface area (Å²) in [6.07, 6.45) is 8.04. The predicted molar refractivity (Wildman–Crippen MR) is 65.7 cm³/mol. The van der Waals surface area contributed by atoms with E-state index in [0.29, 0.717) is 6.42 Å². The molecule has 2 unspecified atom stereocenters. The summed E-state index contributed by atoms with van der Waals surface area (Å²) in [4.78, 5) is 4.27. The zero-order chi connectivity index (χ0) is 12.3. The van der Waals surface area contributed by atoms with Crippen LogP contribution in [0.3, 0.4) is 0 Å². The summed E-state index contributed by atoms with van der Waals surface area (Å²) in [5.41, 5.74) is -0.358. The van der Waals surface area contributed by atoms with Gasteiger partial charge in [-0.05, 0) is 32.6 Å². The molecule has 2 atom stereocenters. The lowest BCUT2D eigenvalue weighted by Gasteiger charge is -2.38. The van der Waals surface area contributed by atoms with E-state index in [-0.39, 0.29) is 5.60 Å². The Balaban J connectivity index is 1.88. The fourth-order valence-corrected chi connectivity index (χ4v) is 2.43. The Kier molecular flexibility index (Phi) is 3.84. The van der Waals surface area contributed by atoms with Crippen LogP contribution in [0.4, 0.5) is 0 Å². The van der Waals surface area contributed by atoms with Crippen LogP contribution in [0.1, 0.15) is 38.4 Å². The van der Waals surface area contributed by atoms with Crippen LogP contribution in [-0.4, -0.2) is 33.0 Å². The largest absolute Gasteiger partial charge is 0.390 e. The van der Waals surface area contributed by atoms with Gasteiger partial charge >= 0.3 is 0 Å². The van der Waals surface area contributed by atoms with Crippen LogP contribution >= 0.6 is 0 Å². The predicted octanol–water partition coefficient (Wildman–Crippen LogP) is 1.67. The first-order valence-corrected chi connectivity index (χ1v) is 6.40. The van der Waals surface area contributed by atoms with Crippen molar-refractivity contribution in [2.24, 2.45) is 7.05 Å². The van der Waals surface area contributed by atoms with Crippen LogP contribution < -0.4 is 0 Å². The maximum Gasteiger partial charge on any atom is 0.108 e. The number of hydrogen-bond donors (Lipinski definition) is 1. The molecule has 0 radical (unpaired) electrons. The molecule has 0 aliphatic carbocycles. The van der Waals surface area contributed by atoms with Crippen molar-refractivity contribution in [1.82, 2.24) is 9.55 Å². The molecule has 1 saturated heterocycles. The molecule has 0 aromatic carbocycles. The highest BCUT2D eigenvalue weighted by Gasteiger charge is 2.35. The minimum Gasteiger partial charge on any atom is -0.390 e. The lowest BCUT2D eigenvalue weighted by Crippen LogP contribution is -2.44. The monoisotopic (exact) mass is 238 g/mol. The lowest BCUT2D eigenvalue weighted by atomic mass is 9.88. The van der Waals surface area contributed by atoms with Gasteiger partial charge < -0.3 is 14.4 Å². The second-order valence-corrected chi connectivity index (χ2v) is 5.13. The fraction of sp³-hybridized carbons (Fsp3) is 0.769. The molecule has 1 aliphatic heterocycles. The van der Waals surface area contributed by atoms with Crippen LogP contribution in [0.25, 0.3) is 0 Å². The average molecular weight is 238 g/mol. The summed E-state index contributed by atoms with van der Waals surface area (Å²) in [7, 11) is 1.98. The highest BCUT2D eigenvalue weighted by atomic mass is 16.5. The highest BCUT2D eigenvalue weighted by molar-refractivity contribution is 4.94. The van der Waals surface area contributed by atoms with Gasteiger partial charge in [-0.3, -0.25) is 0 Å². The molecule has 0 bridgehead atoms. The van der Waals surface area contributed by atoms with Crippen molar-refractivity contribution in [2.75, 3.05) is 6.61 Å². The molecule has 4 heteroatoms. The fourth-order valence-electron chi connectivity index (χ4n) is 2.43. The number of imidazole rings is 1. The first kappa shape index (κ1) is 12.6. The van der Waals surface area contributed by atoms with Gasteiger partial charge in [0.1, 0.15) is 5.82 Å². The van der Waals surface area contributed by atoms with Crippen LogP contribution in [0.15, 0.2) is 12.4 Å². The maximum atomic E-state index is 10.3. The Hall–Kier alpha value is -0.870. The Labute approximate surface area is 103 Å². The molecule has 0 saturated carbocycles. The number of aliphatic hydroxyl groups is 1. The maximum absolute atomic E-state index is 10.3. The Morgan fingerprint density at radius 3 is 3.00 bits per heavy atom.